The second-order valence-electron chi connectivity index (χ2n) is 6.49. The first-order valence-electron chi connectivity index (χ1n) is 8.49. The molecule has 2 atom stereocenters. The number of H-pyrrole nitrogens is 1. The van der Waals surface area contributed by atoms with Crippen LogP contribution in [0.4, 0.5) is 0 Å². The number of hydrogen-bond acceptors (Lipinski definition) is 4. The van der Waals surface area contributed by atoms with E-state index in [4.69, 9.17) is 4.74 Å². The van der Waals surface area contributed by atoms with E-state index >= 15 is 0 Å². The molecule has 1 aromatic carbocycles. The van der Waals surface area contributed by atoms with E-state index in [0.717, 1.165) is 28.6 Å². The highest BCUT2D eigenvalue weighted by atomic mass is 16.5. The number of ether oxygens (including phenoxy) is 1. The molecule has 2 N–H and O–H groups in total. The lowest BCUT2D eigenvalue weighted by Crippen LogP contribution is -2.32. The molecule has 2 aromatic heterocycles. The van der Waals surface area contributed by atoms with Crippen LogP contribution in [-0.2, 0) is 23.0 Å². The van der Waals surface area contributed by atoms with Crippen molar-refractivity contribution in [1.82, 2.24) is 25.3 Å². The van der Waals surface area contributed by atoms with Crippen molar-refractivity contribution in [1.29, 1.82) is 0 Å². The highest BCUT2D eigenvalue weighted by Crippen LogP contribution is 2.33. The van der Waals surface area contributed by atoms with Gasteiger partial charge in [0, 0.05) is 37.7 Å². The lowest BCUT2D eigenvalue weighted by atomic mass is 9.98. The number of amides is 1. The minimum atomic E-state index is -0.00456. The summed E-state index contributed by atoms with van der Waals surface area (Å²) in [5, 5.41) is 15.2. The number of carbonyl (C=O) groups excluding carboxylic acids is 1. The maximum atomic E-state index is 12.3. The fourth-order valence-corrected chi connectivity index (χ4v) is 3.43. The maximum Gasteiger partial charge on any atom is 0.224 e. The highest BCUT2D eigenvalue weighted by Gasteiger charge is 2.31. The predicted octanol–water partition coefficient (Wildman–Crippen LogP) is 1.73. The highest BCUT2D eigenvalue weighted by molar-refractivity contribution is 5.82. The van der Waals surface area contributed by atoms with Gasteiger partial charge in [0.05, 0.1) is 23.8 Å². The van der Waals surface area contributed by atoms with E-state index in [2.05, 4.69) is 20.6 Å². The smallest absolute Gasteiger partial charge is 0.224 e. The van der Waals surface area contributed by atoms with Gasteiger partial charge in [-0.3, -0.25) is 14.6 Å². The van der Waals surface area contributed by atoms with Crippen LogP contribution in [0.1, 0.15) is 23.8 Å². The Morgan fingerprint density at radius 2 is 2.36 bits per heavy atom. The Morgan fingerprint density at radius 3 is 3.20 bits per heavy atom. The zero-order chi connectivity index (χ0) is 17.2. The molecule has 1 fully saturated rings. The van der Waals surface area contributed by atoms with Gasteiger partial charge in [-0.1, -0.05) is 6.07 Å². The summed E-state index contributed by atoms with van der Waals surface area (Å²) in [6.07, 6.45) is 4.85. The molecule has 3 aromatic rings. The largest absolute Gasteiger partial charge is 0.372 e. The molecule has 1 aliphatic heterocycles. The van der Waals surface area contributed by atoms with Gasteiger partial charge in [0.1, 0.15) is 6.10 Å². The number of aryl methyl sites for hydroxylation is 1. The Balaban J connectivity index is 1.35. The number of nitrogens with zero attached hydrogens (tertiary/aromatic N) is 3. The van der Waals surface area contributed by atoms with Crippen LogP contribution in [0.2, 0.25) is 0 Å². The van der Waals surface area contributed by atoms with Crippen molar-refractivity contribution in [2.75, 3.05) is 13.2 Å². The second-order valence-corrected chi connectivity index (χ2v) is 6.49. The molecule has 1 saturated heterocycles. The lowest BCUT2D eigenvalue weighted by Gasteiger charge is -2.19. The summed E-state index contributed by atoms with van der Waals surface area (Å²) in [6, 6.07) is 7.88. The van der Waals surface area contributed by atoms with Gasteiger partial charge in [0.15, 0.2) is 0 Å². The van der Waals surface area contributed by atoms with Crippen molar-refractivity contribution in [2.24, 2.45) is 13.0 Å². The van der Waals surface area contributed by atoms with Crippen molar-refractivity contribution in [3.63, 3.8) is 0 Å². The van der Waals surface area contributed by atoms with Crippen molar-refractivity contribution in [3.05, 3.63) is 47.9 Å². The Bertz CT molecular complexity index is 884. The number of fused-ring (bicyclic) bond motifs is 1. The van der Waals surface area contributed by atoms with Crippen LogP contribution in [-0.4, -0.2) is 39.0 Å². The van der Waals surface area contributed by atoms with E-state index in [-0.39, 0.29) is 17.9 Å². The Hall–Kier alpha value is -2.67. The van der Waals surface area contributed by atoms with Crippen molar-refractivity contribution in [2.45, 2.75) is 18.9 Å². The number of aromatic nitrogens is 4. The first-order chi connectivity index (χ1) is 12.2. The normalized spacial score (nSPS) is 20.2. The zero-order valence-electron chi connectivity index (χ0n) is 14.1. The molecule has 4 rings (SSSR count). The van der Waals surface area contributed by atoms with E-state index < -0.39 is 0 Å². The fourth-order valence-electron chi connectivity index (χ4n) is 3.43. The second kappa shape index (κ2) is 6.68. The van der Waals surface area contributed by atoms with Gasteiger partial charge in [-0.2, -0.15) is 10.2 Å². The molecule has 0 unspecified atom stereocenters. The van der Waals surface area contributed by atoms with E-state index in [9.17, 15) is 4.79 Å². The third-order valence-electron chi connectivity index (χ3n) is 4.80. The molecule has 0 saturated carbocycles. The molecule has 0 radical (unpaired) electrons. The van der Waals surface area contributed by atoms with Crippen molar-refractivity contribution in [3.8, 4) is 0 Å². The summed E-state index contributed by atoms with van der Waals surface area (Å²) < 4.78 is 7.70. The zero-order valence-corrected chi connectivity index (χ0v) is 14.1. The summed E-state index contributed by atoms with van der Waals surface area (Å²) in [7, 11) is 1.92. The Kier molecular flexibility index (Phi) is 4.23. The van der Waals surface area contributed by atoms with Crippen LogP contribution in [0.3, 0.4) is 0 Å². The predicted molar refractivity (Wildman–Crippen MR) is 92.8 cm³/mol. The summed E-state index contributed by atoms with van der Waals surface area (Å²) in [6.45, 7) is 1.33. The van der Waals surface area contributed by atoms with Crippen molar-refractivity contribution >= 4 is 16.8 Å². The molecular formula is C18H21N5O2. The lowest BCUT2D eigenvalue weighted by molar-refractivity contribution is -0.120. The van der Waals surface area contributed by atoms with E-state index in [0.29, 0.717) is 19.6 Å². The summed E-state index contributed by atoms with van der Waals surface area (Å²) >= 11 is 0. The van der Waals surface area contributed by atoms with Crippen LogP contribution in [0.5, 0.6) is 0 Å². The molecule has 0 aliphatic carbocycles. The van der Waals surface area contributed by atoms with Gasteiger partial charge in [0.2, 0.25) is 5.91 Å². The monoisotopic (exact) mass is 339 g/mol. The van der Waals surface area contributed by atoms with Crippen molar-refractivity contribution < 1.29 is 9.53 Å². The van der Waals surface area contributed by atoms with Gasteiger partial charge in [-0.05, 0) is 30.2 Å². The molecule has 1 aliphatic rings. The number of aromatic amines is 1. The Labute approximate surface area is 145 Å². The number of hydrogen-bond donors (Lipinski definition) is 2. The quantitative estimate of drug-likeness (QED) is 0.741. The SMILES string of the molecule is Cn1nccc1[C@@H]1OCC[C@H]1CNC(=O)Cc1ccc2[nH]ncc2c1. The van der Waals surface area contributed by atoms with Crippen LogP contribution < -0.4 is 5.32 Å². The molecule has 130 valence electrons. The minimum Gasteiger partial charge on any atom is -0.372 e. The van der Waals surface area contributed by atoms with Crippen LogP contribution >= 0.6 is 0 Å². The van der Waals surface area contributed by atoms with E-state index in [1.807, 2.05) is 36.0 Å². The first-order valence-corrected chi connectivity index (χ1v) is 8.49. The summed E-state index contributed by atoms with van der Waals surface area (Å²) in [4.78, 5) is 12.3. The van der Waals surface area contributed by atoms with Gasteiger partial charge in [-0.25, -0.2) is 0 Å². The average molecular weight is 339 g/mol. The van der Waals surface area contributed by atoms with Crippen LogP contribution in [0.25, 0.3) is 10.9 Å². The third-order valence-corrected chi connectivity index (χ3v) is 4.80. The topological polar surface area (TPSA) is 84.8 Å². The van der Waals surface area contributed by atoms with E-state index in [1.54, 1.807) is 12.4 Å². The molecule has 0 bridgehead atoms. The number of rotatable bonds is 5. The molecule has 25 heavy (non-hydrogen) atoms. The molecule has 0 spiro atoms. The fraction of sp³-hybridized carbons (Fsp3) is 0.389. The average Bonchev–Trinajstić information content (AvgIpc) is 3.32. The molecule has 3 heterocycles. The molecule has 7 nitrogen and oxygen atoms in total. The molecule has 1 amide bonds. The number of carbonyl (C=O) groups is 1. The van der Waals surface area contributed by atoms with Gasteiger partial charge in [-0.15, -0.1) is 0 Å². The Morgan fingerprint density at radius 1 is 1.44 bits per heavy atom. The number of nitrogens with one attached hydrogen (secondary N) is 2. The van der Waals surface area contributed by atoms with Gasteiger partial charge >= 0.3 is 0 Å². The van der Waals surface area contributed by atoms with Gasteiger partial charge in [0.25, 0.3) is 0 Å². The summed E-state index contributed by atoms with van der Waals surface area (Å²) in [5.41, 5.74) is 3.02. The summed E-state index contributed by atoms with van der Waals surface area (Å²) in [5.74, 6) is 0.300. The standard InChI is InChI=1S/C18H21N5O2/c1-23-16(4-6-21-23)18-13(5-7-25-18)10-19-17(24)9-12-2-3-15-14(8-12)11-20-22-15/h2-4,6,8,11,13,18H,5,7,9-10H2,1H3,(H,19,24)(H,20,22)/t13-,18+/m0/s1. The maximum absolute atomic E-state index is 12.3. The third kappa shape index (κ3) is 3.28. The minimum absolute atomic E-state index is 0.00456. The van der Waals surface area contributed by atoms with Crippen LogP contribution in [0.15, 0.2) is 36.7 Å². The van der Waals surface area contributed by atoms with E-state index in [1.165, 1.54) is 0 Å². The van der Waals surface area contributed by atoms with Gasteiger partial charge < -0.3 is 10.1 Å². The number of benzene rings is 1. The van der Waals surface area contributed by atoms with Crippen LogP contribution in [0, 0.1) is 5.92 Å². The molecule has 7 heteroatoms. The molecular weight excluding hydrogens is 318 g/mol. The first kappa shape index (κ1) is 15.8.